The van der Waals surface area contributed by atoms with E-state index in [2.05, 4.69) is 35.5 Å². The number of anilines is 1. The molecule has 2 saturated heterocycles. The lowest BCUT2D eigenvalue weighted by Crippen LogP contribution is -2.51. The zero-order valence-electron chi connectivity index (χ0n) is 16.9. The Hall–Kier alpha value is -1.62. The quantitative estimate of drug-likeness (QED) is 0.813. The molecule has 1 amide bonds. The van der Waals surface area contributed by atoms with Crippen molar-refractivity contribution in [1.82, 2.24) is 9.80 Å². The highest BCUT2D eigenvalue weighted by Gasteiger charge is 2.50. The minimum atomic E-state index is -0.198. The molecule has 1 aromatic rings. The smallest absolute Gasteiger partial charge is 0.237 e. The Morgan fingerprint density at radius 3 is 2.41 bits per heavy atom. The average Bonchev–Trinajstić information content (AvgIpc) is 2.85. The van der Waals surface area contributed by atoms with Gasteiger partial charge in [-0.1, -0.05) is 20.8 Å². The van der Waals surface area contributed by atoms with Gasteiger partial charge in [-0.15, -0.1) is 0 Å². The Bertz CT molecular complexity index is 696. The van der Waals surface area contributed by atoms with Crippen molar-refractivity contribution in [2.75, 3.05) is 44.2 Å². The van der Waals surface area contributed by atoms with Crippen LogP contribution in [0.3, 0.4) is 0 Å². The SMILES string of the molecule is CC1(C)C[C@H]2C[C@@](C)(CN2C(=O)CN2CCN(c3ccc(F)cc3)CC2)C1. The third-order valence-electron chi connectivity index (χ3n) is 6.66. The van der Waals surface area contributed by atoms with Gasteiger partial charge in [0.1, 0.15) is 5.82 Å². The van der Waals surface area contributed by atoms with Crippen molar-refractivity contribution in [3.8, 4) is 0 Å². The van der Waals surface area contributed by atoms with Gasteiger partial charge in [-0.25, -0.2) is 4.39 Å². The van der Waals surface area contributed by atoms with Crippen LogP contribution in [0.15, 0.2) is 24.3 Å². The van der Waals surface area contributed by atoms with E-state index in [1.54, 1.807) is 0 Å². The van der Waals surface area contributed by atoms with Gasteiger partial charge in [0.05, 0.1) is 6.54 Å². The van der Waals surface area contributed by atoms with Crippen LogP contribution in [-0.2, 0) is 4.79 Å². The number of hydrogen-bond donors (Lipinski definition) is 0. The molecule has 5 heteroatoms. The van der Waals surface area contributed by atoms with Gasteiger partial charge < -0.3 is 9.80 Å². The molecule has 4 rings (SSSR count). The van der Waals surface area contributed by atoms with Crippen LogP contribution in [0.2, 0.25) is 0 Å². The van der Waals surface area contributed by atoms with Crippen LogP contribution in [-0.4, -0.2) is 61.0 Å². The summed E-state index contributed by atoms with van der Waals surface area (Å²) in [7, 11) is 0. The van der Waals surface area contributed by atoms with E-state index in [1.165, 1.54) is 25.0 Å². The highest BCUT2D eigenvalue weighted by Crippen LogP contribution is 2.52. The molecule has 0 unspecified atom stereocenters. The number of benzene rings is 1. The minimum absolute atomic E-state index is 0.198. The van der Waals surface area contributed by atoms with Crippen molar-refractivity contribution < 1.29 is 9.18 Å². The van der Waals surface area contributed by atoms with Gasteiger partial charge in [-0.05, 0) is 54.4 Å². The van der Waals surface area contributed by atoms with Gasteiger partial charge in [0, 0.05) is 44.5 Å². The molecule has 0 N–H and O–H groups in total. The predicted molar refractivity (Wildman–Crippen MR) is 106 cm³/mol. The van der Waals surface area contributed by atoms with Gasteiger partial charge in [0.25, 0.3) is 0 Å². The molecule has 1 aliphatic carbocycles. The number of rotatable bonds is 3. The number of likely N-dealkylation sites (tertiary alicyclic amines) is 1. The van der Waals surface area contributed by atoms with Crippen LogP contribution in [0.1, 0.15) is 40.0 Å². The predicted octanol–water partition coefficient (Wildman–Crippen LogP) is 3.37. The molecule has 0 aromatic heterocycles. The zero-order chi connectivity index (χ0) is 19.2. The molecule has 4 nitrogen and oxygen atoms in total. The third-order valence-corrected chi connectivity index (χ3v) is 6.66. The monoisotopic (exact) mass is 373 g/mol. The summed E-state index contributed by atoms with van der Waals surface area (Å²) in [4.78, 5) is 19.8. The van der Waals surface area contributed by atoms with E-state index in [4.69, 9.17) is 0 Å². The van der Waals surface area contributed by atoms with E-state index < -0.39 is 0 Å². The molecule has 148 valence electrons. The van der Waals surface area contributed by atoms with Crippen molar-refractivity contribution in [2.24, 2.45) is 10.8 Å². The highest BCUT2D eigenvalue weighted by molar-refractivity contribution is 5.79. The van der Waals surface area contributed by atoms with Crippen molar-refractivity contribution in [1.29, 1.82) is 0 Å². The van der Waals surface area contributed by atoms with Crippen molar-refractivity contribution in [2.45, 2.75) is 46.1 Å². The van der Waals surface area contributed by atoms with Crippen molar-refractivity contribution in [3.63, 3.8) is 0 Å². The van der Waals surface area contributed by atoms with Crippen molar-refractivity contribution >= 4 is 11.6 Å². The summed E-state index contributed by atoms with van der Waals surface area (Å²) in [5.41, 5.74) is 1.70. The molecule has 2 bridgehead atoms. The topological polar surface area (TPSA) is 26.8 Å². The van der Waals surface area contributed by atoms with E-state index in [0.29, 0.717) is 29.3 Å². The van der Waals surface area contributed by atoms with Gasteiger partial charge in [-0.3, -0.25) is 9.69 Å². The maximum absolute atomic E-state index is 13.1. The first kappa shape index (κ1) is 18.7. The molecule has 1 saturated carbocycles. The van der Waals surface area contributed by atoms with E-state index in [0.717, 1.165) is 44.8 Å². The minimum Gasteiger partial charge on any atom is -0.369 e. The molecule has 3 aliphatic rings. The van der Waals surface area contributed by atoms with E-state index >= 15 is 0 Å². The first-order valence-electron chi connectivity index (χ1n) is 10.3. The van der Waals surface area contributed by atoms with Crippen LogP contribution in [0.4, 0.5) is 10.1 Å². The van der Waals surface area contributed by atoms with Gasteiger partial charge in [0.2, 0.25) is 5.91 Å². The summed E-state index contributed by atoms with van der Waals surface area (Å²) in [6.07, 6.45) is 3.52. The van der Waals surface area contributed by atoms with Crippen LogP contribution >= 0.6 is 0 Å². The fourth-order valence-corrected chi connectivity index (χ4v) is 5.85. The number of hydrogen-bond acceptors (Lipinski definition) is 3. The summed E-state index contributed by atoms with van der Waals surface area (Å²) in [6, 6.07) is 7.12. The Balaban J connectivity index is 1.32. The van der Waals surface area contributed by atoms with Crippen LogP contribution in [0, 0.1) is 16.6 Å². The maximum atomic E-state index is 13.1. The number of piperazine rings is 1. The largest absolute Gasteiger partial charge is 0.369 e. The van der Waals surface area contributed by atoms with Gasteiger partial charge in [0.15, 0.2) is 0 Å². The second-order valence-corrected chi connectivity index (χ2v) is 9.97. The number of nitrogens with zero attached hydrogens (tertiary/aromatic N) is 3. The third kappa shape index (κ3) is 3.98. The molecule has 3 fully saturated rings. The van der Waals surface area contributed by atoms with Crippen LogP contribution < -0.4 is 4.90 Å². The summed E-state index contributed by atoms with van der Waals surface area (Å²) in [5.74, 6) is 0.104. The molecule has 27 heavy (non-hydrogen) atoms. The first-order valence-corrected chi connectivity index (χ1v) is 10.3. The molecule has 0 radical (unpaired) electrons. The number of fused-ring (bicyclic) bond motifs is 2. The maximum Gasteiger partial charge on any atom is 0.237 e. The van der Waals surface area contributed by atoms with E-state index in [1.807, 2.05) is 12.1 Å². The standard InChI is InChI=1S/C22H32FN3O/c1-21(2)12-19-13-22(3,15-21)16-26(19)20(27)14-24-8-10-25(11-9-24)18-6-4-17(23)5-7-18/h4-7,19H,8-16H2,1-3H3/t19-,22+/m0/s1. The lowest BCUT2D eigenvalue weighted by Gasteiger charge is -2.39. The molecule has 2 atom stereocenters. The van der Waals surface area contributed by atoms with Gasteiger partial charge in [-0.2, -0.15) is 0 Å². The van der Waals surface area contributed by atoms with E-state index in [-0.39, 0.29) is 5.82 Å². The molecule has 0 spiro atoms. The number of halogens is 1. The fourth-order valence-electron chi connectivity index (χ4n) is 5.85. The Labute approximate surface area is 162 Å². The zero-order valence-corrected chi connectivity index (χ0v) is 16.9. The summed E-state index contributed by atoms with van der Waals surface area (Å²) in [6.45, 7) is 12.0. The van der Waals surface area contributed by atoms with Gasteiger partial charge >= 0.3 is 0 Å². The summed E-state index contributed by atoms with van der Waals surface area (Å²) < 4.78 is 13.1. The van der Waals surface area contributed by atoms with E-state index in [9.17, 15) is 9.18 Å². The van der Waals surface area contributed by atoms with Crippen LogP contribution in [0.25, 0.3) is 0 Å². The second-order valence-electron chi connectivity index (χ2n) is 9.97. The van der Waals surface area contributed by atoms with Crippen molar-refractivity contribution in [3.05, 3.63) is 30.1 Å². The number of amides is 1. The molecule has 1 aromatic carbocycles. The summed E-state index contributed by atoms with van der Waals surface area (Å²) in [5, 5.41) is 0. The lowest BCUT2D eigenvalue weighted by atomic mass is 9.65. The molecule has 2 heterocycles. The Morgan fingerprint density at radius 1 is 1.07 bits per heavy atom. The molecular formula is C22H32FN3O. The molecule has 2 aliphatic heterocycles. The number of carbonyl (C=O) groups excluding carboxylic acids is 1. The number of carbonyl (C=O) groups is 1. The fraction of sp³-hybridized carbons (Fsp3) is 0.682. The Morgan fingerprint density at radius 2 is 1.74 bits per heavy atom. The first-order chi connectivity index (χ1) is 12.7. The lowest BCUT2D eigenvalue weighted by molar-refractivity contribution is -0.133. The molecular weight excluding hydrogens is 341 g/mol. The summed E-state index contributed by atoms with van der Waals surface area (Å²) >= 11 is 0. The normalized spacial score (nSPS) is 30.6. The Kier molecular flexibility index (Phi) is 4.69. The average molecular weight is 374 g/mol. The highest BCUT2D eigenvalue weighted by atomic mass is 19.1. The van der Waals surface area contributed by atoms with Crippen LogP contribution in [0.5, 0.6) is 0 Å². The second kappa shape index (κ2) is 6.77.